The molecule has 0 amide bonds. The van der Waals surface area contributed by atoms with Crippen LogP contribution in [0.15, 0.2) is 108 Å². The zero-order valence-corrected chi connectivity index (χ0v) is 19.4. The maximum Gasteiger partial charge on any atom is 0.121 e. The van der Waals surface area contributed by atoms with Crippen LogP contribution >= 0.6 is 15.9 Å². The maximum atomic E-state index is 11.1. The fourth-order valence-corrected chi connectivity index (χ4v) is 4.91. The number of halogens is 1. The quantitative estimate of drug-likeness (QED) is 0.267. The number of benzene rings is 5. The largest absolute Gasteiger partial charge is 0.508 e. The van der Waals surface area contributed by atoms with Crippen molar-refractivity contribution in [2.75, 3.05) is 0 Å². The molecule has 2 N–H and O–H groups in total. The van der Waals surface area contributed by atoms with E-state index in [1.54, 1.807) is 6.07 Å². The molecule has 0 saturated carbocycles. The van der Waals surface area contributed by atoms with E-state index in [0.717, 1.165) is 26.4 Å². The highest BCUT2D eigenvalue weighted by molar-refractivity contribution is 9.10. The first-order valence-corrected chi connectivity index (χ1v) is 11.6. The van der Waals surface area contributed by atoms with Crippen molar-refractivity contribution >= 4 is 37.5 Å². The molecule has 5 aromatic carbocycles. The van der Waals surface area contributed by atoms with Gasteiger partial charge in [0.2, 0.25) is 0 Å². The lowest BCUT2D eigenvalue weighted by Crippen LogP contribution is -2.26. The Morgan fingerprint density at radius 1 is 0.719 bits per heavy atom. The first kappa shape index (κ1) is 20.7. The normalized spacial score (nSPS) is 13.3. The minimum Gasteiger partial charge on any atom is -0.508 e. The fourth-order valence-electron chi connectivity index (χ4n) is 4.54. The number of aromatic hydroxyl groups is 1. The second-order valence-corrected chi connectivity index (χ2v) is 9.08. The fraction of sp³-hybridized carbons (Fsp3) is 0.103. The number of rotatable bonds is 5. The summed E-state index contributed by atoms with van der Waals surface area (Å²) < 4.78 is 1.02. The molecule has 0 aliphatic carbocycles. The predicted octanol–water partition coefficient (Wildman–Crippen LogP) is 7.90. The predicted molar refractivity (Wildman–Crippen MR) is 137 cm³/mol. The van der Waals surface area contributed by atoms with Gasteiger partial charge in [-0.15, -0.1) is 0 Å². The minimum atomic E-state index is -0.193. The van der Waals surface area contributed by atoms with E-state index in [4.69, 9.17) is 0 Å². The van der Waals surface area contributed by atoms with Gasteiger partial charge >= 0.3 is 0 Å². The molecule has 0 radical (unpaired) electrons. The average molecular weight is 482 g/mol. The van der Waals surface area contributed by atoms with Gasteiger partial charge in [-0.05, 0) is 57.8 Å². The van der Waals surface area contributed by atoms with Crippen LogP contribution in [0.3, 0.4) is 0 Å². The van der Waals surface area contributed by atoms with Crippen LogP contribution in [0.4, 0.5) is 0 Å². The van der Waals surface area contributed by atoms with E-state index in [0.29, 0.717) is 5.75 Å². The standard InChI is InChI=1S/C29H24BrNO/c1-19(20-8-3-2-4-9-20)31-29(26-13-7-11-21-10-5-6-12-24(21)26)28-25-16-15-23(30)18-22(25)14-17-27(28)32/h2-19,29,31-32H,1H3. The van der Waals surface area contributed by atoms with Crippen LogP contribution in [-0.4, -0.2) is 5.11 Å². The highest BCUT2D eigenvalue weighted by Crippen LogP contribution is 2.40. The molecule has 0 heterocycles. The number of hydrogen-bond donors (Lipinski definition) is 2. The van der Waals surface area contributed by atoms with E-state index >= 15 is 0 Å². The van der Waals surface area contributed by atoms with Gasteiger partial charge in [0.1, 0.15) is 5.75 Å². The summed E-state index contributed by atoms with van der Waals surface area (Å²) in [6.45, 7) is 2.17. The molecular weight excluding hydrogens is 458 g/mol. The Bertz CT molecular complexity index is 1390. The van der Waals surface area contributed by atoms with Gasteiger partial charge < -0.3 is 5.11 Å². The van der Waals surface area contributed by atoms with Crippen molar-refractivity contribution in [3.05, 3.63) is 124 Å². The Hall–Kier alpha value is -3.14. The molecule has 0 spiro atoms. The van der Waals surface area contributed by atoms with Crippen LogP contribution < -0.4 is 5.32 Å². The molecule has 0 aliphatic rings. The molecule has 158 valence electrons. The Balaban J connectivity index is 1.74. The number of hydrogen-bond acceptors (Lipinski definition) is 2. The lowest BCUT2D eigenvalue weighted by molar-refractivity contribution is 0.449. The van der Waals surface area contributed by atoms with Gasteiger partial charge in [-0.3, -0.25) is 5.32 Å². The van der Waals surface area contributed by atoms with E-state index in [-0.39, 0.29) is 12.1 Å². The van der Waals surface area contributed by atoms with Gasteiger partial charge in [-0.25, -0.2) is 0 Å². The Labute approximate surface area is 196 Å². The van der Waals surface area contributed by atoms with Crippen molar-refractivity contribution in [3.63, 3.8) is 0 Å². The summed E-state index contributed by atoms with van der Waals surface area (Å²) in [5, 5.41) is 19.4. The highest BCUT2D eigenvalue weighted by atomic mass is 79.9. The maximum absolute atomic E-state index is 11.1. The Kier molecular flexibility index (Phi) is 5.69. The van der Waals surface area contributed by atoms with E-state index in [1.807, 2.05) is 18.2 Å². The summed E-state index contributed by atoms with van der Waals surface area (Å²) in [5.41, 5.74) is 3.26. The molecule has 0 bridgehead atoms. The van der Waals surface area contributed by atoms with Crippen molar-refractivity contribution < 1.29 is 5.11 Å². The van der Waals surface area contributed by atoms with Crippen LogP contribution in [-0.2, 0) is 0 Å². The first-order chi connectivity index (χ1) is 15.6. The van der Waals surface area contributed by atoms with Crippen LogP contribution in [0.2, 0.25) is 0 Å². The molecular formula is C29H24BrNO. The third kappa shape index (κ3) is 3.90. The third-order valence-corrected chi connectivity index (χ3v) is 6.63. The summed E-state index contributed by atoms with van der Waals surface area (Å²) in [5.74, 6) is 0.297. The van der Waals surface area contributed by atoms with Crippen molar-refractivity contribution in [1.82, 2.24) is 5.32 Å². The zero-order valence-electron chi connectivity index (χ0n) is 17.8. The molecule has 3 heteroatoms. The van der Waals surface area contributed by atoms with Crippen LogP contribution in [0.5, 0.6) is 5.75 Å². The number of phenolic OH excluding ortho intramolecular Hbond substituents is 1. The van der Waals surface area contributed by atoms with E-state index in [9.17, 15) is 5.11 Å². The molecule has 0 aromatic heterocycles. The lowest BCUT2D eigenvalue weighted by Gasteiger charge is -2.27. The van der Waals surface area contributed by atoms with Gasteiger partial charge in [-0.1, -0.05) is 101 Å². The smallest absolute Gasteiger partial charge is 0.121 e. The molecule has 0 aliphatic heterocycles. The zero-order chi connectivity index (χ0) is 22.1. The Morgan fingerprint density at radius 2 is 1.47 bits per heavy atom. The van der Waals surface area contributed by atoms with Crippen LogP contribution in [0.1, 0.15) is 35.7 Å². The number of phenols is 1. The molecule has 5 aromatic rings. The van der Waals surface area contributed by atoms with Crippen molar-refractivity contribution in [1.29, 1.82) is 0 Å². The van der Waals surface area contributed by atoms with E-state index in [2.05, 4.69) is 107 Å². The average Bonchev–Trinajstić information content (AvgIpc) is 2.83. The highest BCUT2D eigenvalue weighted by Gasteiger charge is 2.24. The second-order valence-electron chi connectivity index (χ2n) is 8.16. The van der Waals surface area contributed by atoms with E-state index < -0.39 is 0 Å². The monoisotopic (exact) mass is 481 g/mol. The summed E-state index contributed by atoms with van der Waals surface area (Å²) in [4.78, 5) is 0. The topological polar surface area (TPSA) is 32.3 Å². The van der Waals surface area contributed by atoms with Crippen molar-refractivity contribution in [2.45, 2.75) is 19.0 Å². The second kappa shape index (κ2) is 8.78. The van der Waals surface area contributed by atoms with Crippen molar-refractivity contribution in [3.8, 4) is 5.75 Å². The SMILES string of the molecule is CC(NC(c1cccc2ccccc12)c1c(O)ccc2cc(Br)ccc12)c1ccccc1. The number of fused-ring (bicyclic) bond motifs is 2. The molecule has 32 heavy (non-hydrogen) atoms. The summed E-state index contributed by atoms with van der Waals surface area (Å²) in [7, 11) is 0. The van der Waals surface area contributed by atoms with Gasteiger partial charge in [0.05, 0.1) is 6.04 Å². The molecule has 0 fully saturated rings. The summed E-state index contributed by atoms with van der Waals surface area (Å²) in [6.07, 6.45) is 0. The summed E-state index contributed by atoms with van der Waals surface area (Å²) >= 11 is 3.58. The third-order valence-electron chi connectivity index (χ3n) is 6.14. The van der Waals surface area contributed by atoms with Gasteiger partial charge in [0.15, 0.2) is 0 Å². The molecule has 2 nitrogen and oxygen atoms in total. The molecule has 2 atom stereocenters. The van der Waals surface area contributed by atoms with Crippen LogP contribution in [0, 0.1) is 0 Å². The van der Waals surface area contributed by atoms with Gasteiger partial charge in [-0.2, -0.15) is 0 Å². The molecule has 5 rings (SSSR count). The van der Waals surface area contributed by atoms with E-state index in [1.165, 1.54) is 16.3 Å². The lowest BCUT2D eigenvalue weighted by atomic mass is 9.89. The van der Waals surface area contributed by atoms with Gasteiger partial charge in [0, 0.05) is 16.1 Å². The molecule has 2 unspecified atom stereocenters. The summed E-state index contributed by atoms with van der Waals surface area (Å²) in [6, 6.07) is 35.1. The van der Waals surface area contributed by atoms with Crippen LogP contribution in [0.25, 0.3) is 21.5 Å². The minimum absolute atomic E-state index is 0.0882. The van der Waals surface area contributed by atoms with Gasteiger partial charge in [0.25, 0.3) is 0 Å². The number of nitrogens with one attached hydrogen (secondary N) is 1. The Morgan fingerprint density at radius 3 is 2.31 bits per heavy atom. The van der Waals surface area contributed by atoms with Crippen molar-refractivity contribution in [2.24, 2.45) is 0 Å². The molecule has 0 saturated heterocycles. The first-order valence-electron chi connectivity index (χ1n) is 10.8.